The molecular formula is C22H24N6. The van der Waals surface area contributed by atoms with Gasteiger partial charge in [0.25, 0.3) is 0 Å². The van der Waals surface area contributed by atoms with Crippen LogP contribution in [-0.2, 0) is 18.3 Å². The Morgan fingerprint density at radius 2 is 1.79 bits per heavy atom. The number of rotatable bonds is 2. The van der Waals surface area contributed by atoms with Crippen LogP contribution >= 0.6 is 0 Å². The van der Waals surface area contributed by atoms with Crippen LogP contribution in [0.1, 0.15) is 50.6 Å². The van der Waals surface area contributed by atoms with Crippen molar-refractivity contribution in [2.75, 3.05) is 0 Å². The molecule has 28 heavy (non-hydrogen) atoms. The summed E-state index contributed by atoms with van der Waals surface area (Å²) in [4.78, 5) is 9.33. The maximum Gasteiger partial charge on any atom is 0.114 e. The zero-order chi connectivity index (χ0) is 19.3. The Labute approximate surface area is 163 Å². The Morgan fingerprint density at radius 1 is 0.929 bits per heavy atom. The summed E-state index contributed by atoms with van der Waals surface area (Å²) >= 11 is 0. The highest BCUT2D eigenvalue weighted by Gasteiger charge is 2.22. The molecule has 0 saturated heterocycles. The largest absolute Gasteiger partial charge is 0.282 e. The molecule has 0 saturated carbocycles. The molecule has 0 fully saturated rings. The Balaban J connectivity index is 1.71. The van der Waals surface area contributed by atoms with Gasteiger partial charge >= 0.3 is 0 Å². The maximum atomic E-state index is 5.01. The number of nitrogens with one attached hydrogen (secondary N) is 2. The van der Waals surface area contributed by atoms with Crippen LogP contribution in [0.5, 0.6) is 0 Å². The summed E-state index contributed by atoms with van der Waals surface area (Å²) < 4.78 is 0. The Bertz CT molecular complexity index is 1160. The molecule has 0 aromatic carbocycles. The van der Waals surface area contributed by atoms with Crippen molar-refractivity contribution in [2.45, 2.75) is 51.9 Å². The number of aromatic amines is 2. The second-order valence-electron chi connectivity index (χ2n) is 8.61. The van der Waals surface area contributed by atoms with Gasteiger partial charge in [-0.25, -0.2) is 4.98 Å². The number of H-pyrrole nitrogens is 2. The number of aromatic nitrogens is 6. The molecule has 0 unspecified atom stereocenters. The normalized spacial score (nSPS) is 14.4. The van der Waals surface area contributed by atoms with Crippen LogP contribution in [0.15, 0.2) is 30.6 Å². The summed E-state index contributed by atoms with van der Waals surface area (Å²) in [6.45, 7) is 6.51. The summed E-state index contributed by atoms with van der Waals surface area (Å²) in [6.07, 6.45) is 8.25. The van der Waals surface area contributed by atoms with E-state index in [1.54, 1.807) is 0 Å². The fourth-order valence-electron chi connectivity index (χ4n) is 3.93. The number of hydrogen-bond acceptors (Lipinski definition) is 4. The molecule has 0 aliphatic heterocycles. The van der Waals surface area contributed by atoms with Gasteiger partial charge in [-0.3, -0.25) is 15.2 Å². The van der Waals surface area contributed by atoms with Crippen molar-refractivity contribution in [3.8, 4) is 22.8 Å². The maximum absolute atomic E-state index is 5.01. The summed E-state index contributed by atoms with van der Waals surface area (Å²) in [5.41, 5.74) is 7.22. The van der Waals surface area contributed by atoms with Crippen LogP contribution < -0.4 is 0 Å². The van der Waals surface area contributed by atoms with Crippen LogP contribution in [0, 0.1) is 0 Å². The molecule has 6 heteroatoms. The molecule has 142 valence electrons. The van der Waals surface area contributed by atoms with E-state index < -0.39 is 0 Å². The van der Waals surface area contributed by atoms with Gasteiger partial charge in [-0.15, -0.1) is 0 Å². The highest BCUT2D eigenvalue weighted by atomic mass is 15.1. The molecule has 6 nitrogen and oxygen atoms in total. The summed E-state index contributed by atoms with van der Waals surface area (Å²) in [7, 11) is 0. The van der Waals surface area contributed by atoms with Gasteiger partial charge < -0.3 is 0 Å². The highest BCUT2D eigenvalue weighted by Crippen LogP contribution is 2.34. The van der Waals surface area contributed by atoms with Gasteiger partial charge in [-0.05, 0) is 49.3 Å². The van der Waals surface area contributed by atoms with Crippen molar-refractivity contribution in [1.82, 2.24) is 30.4 Å². The van der Waals surface area contributed by atoms with Crippen molar-refractivity contribution in [3.63, 3.8) is 0 Å². The molecule has 1 aliphatic rings. The van der Waals surface area contributed by atoms with E-state index in [0.717, 1.165) is 52.1 Å². The number of nitrogens with zero attached hydrogens (tertiary/aromatic N) is 4. The third kappa shape index (κ3) is 2.80. The molecule has 4 aromatic heterocycles. The van der Waals surface area contributed by atoms with Gasteiger partial charge in [0, 0.05) is 40.1 Å². The van der Waals surface area contributed by atoms with Gasteiger partial charge in [0.05, 0.1) is 5.69 Å². The van der Waals surface area contributed by atoms with Crippen molar-refractivity contribution >= 4 is 10.8 Å². The first-order valence-corrected chi connectivity index (χ1v) is 9.88. The molecule has 0 amide bonds. The first-order chi connectivity index (χ1) is 13.5. The van der Waals surface area contributed by atoms with E-state index >= 15 is 0 Å². The number of hydrogen-bond donors (Lipinski definition) is 2. The Hall–Kier alpha value is -3.02. The summed E-state index contributed by atoms with van der Waals surface area (Å²) in [5, 5.41) is 17.7. The third-order valence-corrected chi connectivity index (χ3v) is 5.56. The third-order valence-electron chi connectivity index (χ3n) is 5.56. The molecule has 0 bridgehead atoms. The van der Waals surface area contributed by atoms with Crippen LogP contribution in [0.3, 0.4) is 0 Å². The van der Waals surface area contributed by atoms with Crippen LogP contribution in [0.25, 0.3) is 33.5 Å². The zero-order valence-corrected chi connectivity index (χ0v) is 16.5. The van der Waals surface area contributed by atoms with E-state index in [0.29, 0.717) is 0 Å². The fourth-order valence-corrected chi connectivity index (χ4v) is 3.93. The Kier molecular flexibility index (Phi) is 3.82. The molecule has 0 radical (unpaired) electrons. The predicted molar refractivity (Wildman–Crippen MR) is 110 cm³/mol. The van der Waals surface area contributed by atoms with Crippen molar-refractivity contribution in [1.29, 1.82) is 0 Å². The van der Waals surface area contributed by atoms with Crippen LogP contribution in [-0.4, -0.2) is 30.4 Å². The molecule has 0 atom stereocenters. The lowest BCUT2D eigenvalue weighted by Crippen LogP contribution is -2.11. The van der Waals surface area contributed by atoms with Crippen molar-refractivity contribution in [3.05, 3.63) is 47.5 Å². The lowest BCUT2D eigenvalue weighted by atomic mass is 9.92. The first-order valence-electron chi connectivity index (χ1n) is 9.88. The van der Waals surface area contributed by atoms with Gasteiger partial charge in [0.1, 0.15) is 17.1 Å². The zero-order valence-electron chi connectivity index (χ0n) is 16.5. The molecule has 0 spiro atoms. The van der Waals surface area contributed by atoms with Crippen LogP contribution in [0.2, 0.25) is 0 Å². The highest BCUT2D eigenvalue weighted by molar-refractivity contribution is 5.95. The van der Waals surface area contributed by atoms with Crippen molar-refractivity contribution < 1.29 is 0 Å². The van der Waals surface area contributed by atoms with E-state index in [4.69, 9.17) is 4.98 Å². The van der Waals surface area contributed by atoms with E-state index in [2.05, 4.69) is 58.3 Å². The fraction of sp³-hybridized carbons (Fsp3) is 0.364. The van der Waals surface area contributed by atoms with Gasteiger partial charge in [-0.2, -0.15) is 10.2 Å². The van der Waals surface area contributed by atoms with E-state index in [1.165, 1.54) is 24.1 Å². The average Bonchev–Trinajstić information content (AvgIpc) is 3.34. The molecule has 1 aliphatic carbocycles. The number of pyridine rings is 2. The number of aryl methyl sites for hydroxylation is 1. The SMILES string of the molecule is CC(C)(C)c1cc(-c2nc(-c3n[nH]c4c3CCCC4)cc3ccncc23)n[nH]1. The molecular weight excluding hydrogens is 348 g/mol. The van der Waals surface area contributed by atoms with Gasteiger partial charge in [-0.1, -0.05) is 20.8 Å². The molecule has 2 N–H and O–H groups in total. The molecule has 4 heterocycles. The Morgan fingerprint density at radius 3 is 2.61 bits per heavy atom. The molecule has 5 rings (SSSR count). The monoisotopic (exact) mass is 372 g/mol. The average molecular weight is 372 g/mol. The minimum Gasteiger partial charge on any atom is -0.282 e. The van der Waals surface area contributed by atoms with E-state index in [-0.39, 0.29) is 5.41 Å². The lowest BCUT2D eigenvalue weighted by molar-refractivity contribution is 0.567. The first kappa shape index (κ1) is 17.1. The van der Waals surface area contributed by atoms with Crippen molar-refractivity contribution in [2.24, 2.45) is 0 Å². The minimum atomic E-state index is -0.00181. The number of fused-ring (bicyclic) bond motifs is 2. The van der Waals surface area contributed by atoms with E-state index in [1.807, 2.05) is 18.5 Å². The molecule has 4 aromatic rings. The summed E-state index contributed by atoms with van der Waals surface area (Å²) in [6, 6.07) is 6.24. The standard InChI is InChI=1S/C22H24N6/c1-22(2,3)19-11-18(26-27-19)20-15-12-23-9-8-13(15)10-17(24-20)21-14-6-4-5-7-16(14)25-28-21/h8-12H,4-7H2,1-3H3,(H,25,28)(H,26,27). The van der Waals surface area contributed by atoms with Gasteiger partial charge in [0.2, 0.25) is 0 Å². The van der Waals surface area contributed by atoms with Gasteiger partial charge in [0.15, 0.2) is 0 Å². The predicted octanol–water partition coefficient (Wildman–Crippen LogP) is 4.59. The second kappa shape index (κ2) is 6.26. The minimum absolute atomic E-state index is 0.00181. The van der Waals surface area contributed by atoms with Crippen LogP contribution in [0.4, 0.5) is 0 Å². The summed E-state index contributed by atoms with van der Waals surface area (Å²) in [5.74, 6) is 0. The van der Waals surface area contributed by atoms with E-state index in [9.17, 15) is 0 Å². The lowest BCUT2D eigenvalue weighted by Gasteiger charge is -2.14. The second-order valence-corrected chi connectivity index (χ2v) is 8.61. The smallest absolute Gasteiger partial charge is 0.114 e. The quantitative estimate of drug-likeness (QED) is 0.539. The topological polar surface area (TPSA) is 83.1 Å².